The van der Waals surface area contributed by atoms with Gasteiger partial charge >= 0.3 is 0 Å². The first-order valence-corrected chi connectivity index (χ1v) is 8.19. The van der Waals surface area contributed by atoms with E-state index in [1.807, 2.05) is 25.1 Å². The quantitative estimate of drug-likeness (QED) is 0.912. The summed E-state index contributed by atoms with van der Waals surface area (Å²) in [6, 6.07) is 6.48. The van der Waals surface area contributed by atoms with Gasteiger partial charge in [0.25, 0.3) is 5.56 Å². The molecule has 22 heavy (non-hydrogen) atoms. The summed E-state index contributed by atoms with van der Waals surface area (Å²) in [6.45, 7) is 5.20. The van der Waals surface area contributed by atoms with Crippen molar-refractivity contribution in [3.05, 3.63) is 40.3 Å². The van der Waals surface area contributed by atoms with Gasteiger partial charge in [0, 0.05) is 17.6 Å². The Morgan fingerprint density at radius 3 is 2.77 bits per heavy atom. The first-order valence-electron chi connectivity index (χ1n) is 8.19. The number of benzene rings is 1. The molecular weight excluding hydrogens is 276 g/mol. The van der Waals surface area contributed by atoms with Gasteiger partial charge < -0.3 is 15.0 Å². The maximum atomic E-state index is 11.8. The van der Waals surface area contributed by atoms with Gasteiger partial charge in [0.15, 0.2) is 0 Å². The number of aromatic nitrogens is 1. The van der Waals surface area contributed by atoms with Crippen molar-refractivity contribution < 1.29 is 4.74 Å². The maximum Gasteiger partial charge on any atom is 0.255 e. The Hall–Kier alpha value is -1.81. The lowest BCUT2D eigenvalue weighted by atomic mass is 9.93. The van der Waals surface area contributed by atoms with Gasteiger partial charge in [-0.1, -0.05) is 6.92 Å². The standard InChI is InChI=1S/C18H24N2O2/c1-3-19-14-4-6-15(7-5-14)22-17-11-13-8-9-20-18(21)16(13)10-12(17)2/h8-11,14-15,19H,3-7H2,1-2H3,(H,20,21)/t14-,15-. The Bertz CT molecular complexity index is 700. The zero-order valence-corrected chi connectivity index (χ0v) is 13.3. The summed E-state index contributed by atoms with van der Waals surface area (Å²) in [5, 5.41) is 5.18. The first kappa shape index (κ1) is 15.1. The van der Waals surface area contributed by atoms with E-state index < -0.39 is 0 Å². The number of nitrogens with one attached hydrogen (secondary N) is 2. The normalized spacial score (nSPS) is 21.9. The van der Waals surface area contributed by atoms with E-state index in [4.69, 9.17) is 4.74 Å². The second-order valence-electron chi connectivity index (χ2n) is 6.16. The van der Waals surface area contributed by atoms with Crippen LogP contribution in [0.1, 0.15) is 38.2 Å². The van der Waals surface area contributed by atoms with Crippen molar-refractivity contribution in [3.63, 3.8) is 0 Å². The number of pyridine rings is 1. The van der Waals surface area contributed by atoms with E-state index in [1.165, 1.54) is 12.8 Å². The fourth-order valence-electron chi connectivity index (χ4n) is 3.30. The zero-order chi connectivity index (χ0) is 15.5. The minimum Gasteiger partial charge on any atom is -0.490 e. The molecule has 1 aliphatic rings. The highest BCUT2D eigenvalue weighted by molar-refractivity contribution is 5.83. The monoisotopic (exact) mass is 300 g/mol. The minimum atomic E-state index is -0.0432. The van der Waals surface area contributed by atoms with Crippen molar-refractivity contribution in [2.45, 2.75) is 51.7 Å². The summed E-state index contributed by atoms with van der Waals surface area (Å²) in [5.41, 5.74) is 0.983. The highest BCUT2D eigenvalue weighted by Gasteiger charge is 2.22. The number of hydrogen-bond donors (Lipinski definition) is 2. The third-order valence-corrected chi connectivity index (χ3v) is 4.53. The molecule has 0 unspecified atom stereocenters. The molecule has 0 amide bonds. The molecule has 4 heteroatoms. The van der Waals surface area contributed by atoms with E-state index >= 15 is 0 Å². The molecule has 1 saturated carbocycles. The van der Waals surface area contributed by atoms with Gasteiger partial charge in [-0.3, -0.25) is 4.79 Å². The van der Waals surface area contributed by atoms with E-state index in [-0.39, 0.29) is 11.7 Å². The Kier molecular flexibility index (Phi) is 4.48. The molecule has 118 valence electrons. The van der Waals surface area contributed by atoms with Gasteiger partial charge in [0.05, 0.1) is 6.10 Å². The van der Waals surface area contributed by atoms with Crippen molar-refractivity contribution in [2.75, 3.05) is 6.54 Å². The molecule has 1 aromatic carbocycles. The molecule has 2 aromatic rings. The molecular formula is C18H24N2O2. The highest BCUT2D eigenvalue weighted by atomic mass is 16.5. The lowest BCUT2D eigenvalue weighted by molar-refractivity contribution is 0.139. The molecule has 0 atom stereocenters. The minimum absolute atomic E-state index is 0.0432. The highest BCUT2D eigenvalue weighted by Crippen LogP contribution is 2.28. The molecule has 1 heterocycles. The number of hydrogen-bond acceptors (Lipinski definition) is 3. The first-order chi connectivity index (χ1) is 10.7. The molecule has 4 nitrogen and oxygen atoms in total. The van der Waals surface area contributed by atoms with Crippen LogP contribution >= 0.6 is 0 Å². The second kappa shape index (κ2) is 6.53. The van der Waals surface area contributed by atoms with E-state index in [1.54, 1.807) is 6.20 Å². The molecule has 0 saturated heterocycles. The van der Waals surface area contributed by atoms with Crippen LogP contribution in [0.25, 0.3) is 10.8 Å². The Morgan fingerprint density at radius 1 is 1.27 bits per heavy atom. The smallest absolute Gasteiger partial charge is 0.255 e. The summed E-state index contributed by atoms with van der Waals surface area (Å²) in [5.74, 6) is 0.907. The van der Waals surface area contributed by atoms with E-state index in [0.717, 1.165) is 41.5 Å². The van der Waals surface area contributed by atoms with Gasteiger partial charge in [0.1, 0.15) is 5.75 Å². The summed E-state index contributed by atoms with van der Waals surface area (Å²) in [7, 11) is 0. The van der Waals surface area contributed by atoms with E-state index in [9.17, 15) is 4.79 Å². The number of aromatic amines is 1. The summed E-state index contributed by atoms with van der Waals surface area (Å²) in [4.78, 5) is 14.5. The SMILES string of the molecule is CCN[C@H]1CC[C@H](Oc2cc3cc[nH]c(=O)c3cc2C)CC1. The predicted molar refractivity (Wildman–Crippen MR) is 89.7 cm³/mol. The van der Waals surface area contributed by atoms with Crippen molar-refractivity contribution in [1.29, 1.82) is 0 Å². The van der Waals surface area contributed by atoms with Crippen molar-refractivity contribution in [1.82, 2.24) is 10.3 Å². The molecule has 1 aromatic heterocycles. The molecule has 2 N–H and O–H groups in total. The van der Waals surface area contributed by atoms with Crippen molar-refractivity contribution in [3.8, 4) is 5.75 Å². The average Bonchev–Trinajstić information content (AvgIpc) is 2.51. The molecule has 3 rings (SSSR count). The van der Waals surface area contributed by atoms with Crippen molar-refractivity contribution in [2.24, 2.45) is 0 Å². The van der Waals surface area contributed by atoms with Crippen LogP contribution in [0.2, 0.25) is 0 Å². The van der Waals surface area contributed by atoms with Crippen LogP contribution in [0, 0.1) is 6.92 Å². The lowest BCUT2D eigenvalue weighted by Gasteiger charge is -2.29. The van der Waals surface area contributed by atoms with E-state index in [0.29, 0.717) is 6.04 Å². The fourth-order valence-corrected chi connectivity index (χ4v) is 3.30. The summed E-state index contributed by atoms with van der Waals surface area (Å²) >= 11 is 0. The third kappa shape index (κ3) is 3.17. The van der Waals surface area contributed by atoms with Gasteiger partial charge in [0.2, 0.25) is 0 Å². The summed E-state index contributed by atoms with van der Waals surface area (Å²) in [6.07, 6.45) is 6.49. The van der Waals surface area contributed by atoms with Crippen LogP contribution in [-0.2, 0) is 0 Å². The maximum absolute atomic E-state index is 11.8. The molecule has 1 fully saturated rings. The Balaban J connectivity index is 1.74. The molecule has 0 bridgehead atoms. The fraction of sp³-hybridized carbons (Fsp3) is 0.500. The number of aryl methyl sites for hydroxylation is 1. The van der Waals surface area contributed by atoms with Crippen LogP contribution < -0.4 is 15.6 Å². The molecule has 0 radical (unpaired) electrons. The number of fused-ring (bicyclic) bond motifs is 1. The number of H-pyrrole nitrogens is 1. The van der Waals surface area contributed by atoms with Gasteiger partial charge in [-0.05, 0) is 68.3 Å². The van der Waals surface area contributed by atoms with Crippen LogP contribution in [0.15, 0.2) is 29.2 Å². The third-order valence-electron chi connectivity index (χ3n) is 4.53. The molecule has 1 aliphatic carbocycles. The molecule has 0 spiro atoms. The van der Waals surface area contributed by atoms with E-state index in [2.05, 4.69) is 17.2 Å². The average molecular weight is 300 g/mol. The van der Waals surface area contributed by atoms with Gasteiger partial charge in [-0.15, -0.1) is 0 Å². The largest absolute Gasteiger partial charge is 0.490 e. The molecule has 0 aliphatic heterocycles. The Labute approximate surface area is 130 Å². The van der Waals surface area contributed by atoms with Crippen LogP contribution in [0.5, 0.6) is 5.75 Å². The van der Waals surface area contributed by atoms with Crippen LogP contribution in [0.4, 0.5) is 0 Å². The van der Waals surface area contributed by atoms with Gasteiger partial charge in [-0.25, -0.2) is 0 Å². The zero-order valence-electron chi connectivity index (χ0n) is 13.3. The van der Waals surface area contributed by atoms with Gasteiger partial charge in [-0.2, -0.15) is 0 Å². The Morgan fingerprint density at radius 2 is 2.05 bits per heavy atom. The van der Waals surface area contributed by atoms with Crippen LogP contribution in [0.3, 0.4) is 0 Å². The number of ether oxygens (including phenoxy) is 1. The lowest BCUT2D eigenvalue weighted by Crippen LogP contribution is -2.36. The predicted octanol–water partition coefficient (Wildman–Crippen LogP) is 3.14. The van der Waals surface area contributed by atoms with Crippen LogP contribution in [-0.4, -0.2) is 23.7 Å². The topological polar surface area (TPSA) is 54.1 Å². The summed E-state index contributed by atoms with van der Waals surface area (Å²) < 4.78 is 6.22. The second-order valence-corrected chi connectivity index (χ2v) is 6.16. The number of rotatable bonds is 4. The van der Waals surface area contributed by atoms with Crippen molar-refractivity contribution >= 4 is 10.8 Å².